The fourth-order valence-corrected chi connectivity index (χ4v) is 6.68. The predicted molar refractivity (Wildman–Crippen MR) is 189 cm³/mol. The van der Waals surface area contributed by atoms with Gasteiger partial charge in [0, 0.05) is 60.8 Å². The largest absolute Gasteiger partial charge is 0.491 e. The van der Waals surface area contributed by atoms with E-state index in [-0.39, 0.29) is 17.8 Å². The number of hydrogen-bond donors (Lipinski definition) is 0. The van der Waals surface area contributed by atoms with Crippen molar-refractivity contribution in [3.05, 3.63) is 124 Å². The number of piperazine rings is 1. The standard InChI is InChI=1S/C37H40ClN7O4/c1-3-27(2)45-36(46)44(26-41-45)31-10-8-29(9-11-31)42-18-20-43(21-19-42)30-12-14-32(15-13-30)47-24-33-25-48-37(49-33,22-28-16-17-39-40-23-28)34-6-4-5-7-35(34)38/h4-17,23,26-27,33H,3,18-22,24-25H2,1-2H3/t27?,33-,37-/m1/s1. The summed E-state index contributed by atoms with van der Waals surface area (Å²) < 4.78 is 22.2. The summed E-state index contributed by atoms with van der Waals surface area (Å²) in [5.74, 6) is -0.270. The summed E-state index contributed by atoms with van der Waals surface area (Å²) in [6.07, 6.45) is 5.99. The molecule has 1 unspecified atom stereocenters. The molecular weight excluding hydrogens is 642 g/mol. The Labute approximate surface area is 290 Å². The van der Waals surface area contributed by atoms with Crippen molar-refractivity contribution in [2.75, 3.05) is 49.2 Å². The van der Waals surface area contributed by atoms with Crippen LogP contribution in [0.1, 0.15) is 37.4 Å². The van der Waals surface area contributed by atoms with E-state index in [9.17, 15) is 4.79 Å². The number of hydrogen-bond acceptors (Lipinski definition) is 9. The van der Waals surface area contributed by atoms with E-state index >= 15 is 0 Å². The molecule has 49 heavy (non-hydrogen) atoms. The van der Waals surface area contributed by atoms with Crippen LogP contribution in [0.3, 0.4) is 0 Å². The van der Waals surface area contributed by atoms with Gasteiger partial charge in [0.05, 0.1) is 24.5 Å². The Bertz CT molecular complexity index is 1890. The molecule has 5 aromatic rings. The maximum atomic E-state index is 12.8. The monoisotopic (exact) mass is 681 g/mol. The smallest absolute Gasteiger partial charge is 0.350 e. The quantitative estimate of drug-likeness (QED) is 0.175. The first-order valence-corrected chi connectivity index (χ1v) is 17.1. The van der Waals surface area contributed by atoms with Crippen LogP contribution in [-0.4, -0.2) is 70.0 Å². The van der Waals surface area contributed by atoms with Gasteiger partial charge in [-0.3, -0.25) is 0 Å². The molecule has 12 heteroatoms. The highest BCUT2D eigenvalue weighted by atomic mass is 35.5. The summed E-state index contributed by atoms with van der Waals surface area (Å²) >= 11 is 6.60. The number of halogens is 1. The molecule has 254 valence electrons. The van der Waals surface area contributed by atoms with Crippen molar-refractivity contribution in [2.45, 2.75) is 44.6 Å². The minimum absolute atomic E-state index is 0.0680. The van der Waals surface area contributed by atoms with Crippen molar-refractivity contribution in [1.82, 2.24) is 24.5 Å². The third-order valence-electron chi connectivity index (χ3n) is 9.34. The molecule has 11 nitrogen and oxygen atoms in total. The van der Waals surface area contributed by atoms with Crippen molar-refractivity contribution in [3.63, 3.8) is 0 Å². The van der Waals surface area contributed by atoms with Crippen LogP contribution in [0.5, 0.6) is 5.75 Å². The Morgan fingerprint density at radius 1 is 0.918 bits per heavy atom. The van der Waals surface area contributed by atoms with Gasteiger partial charge < -0.3 is 24.0 Å². The zero-order chi connectivity index (χ0) is 33.8. The third kappa shape index (κ3) is 7.05. The zero-order valence-electron chi connectivity index (χ0n) is 27.7. The highest BCUT2D eigenvalue weighted by molar-refractivity contribution is 6.31. The average molecular weight is 682 g/mol. The lowest BCUT2D eigenvalue weighted by molar-refractivity contribution is -0.178. The van der Waals surface area contributed by atoms with Crippen LogP contribution < -0.4 is 20.2 Å². The second-order valence-corrected chi connectivity index (χ2v) is 12.9. The number of ether oxygens (including phenoxy) is 3. The number of rotatable bonds is 11. The average Bonchev–Trinajstić information content (AvgIpc) is 3.75. The first-order valence-electron chi connectivity index (χ1n) is 16.7. The van der Waals surface area contributed by atoms with E-state index in [0.29, 0.717) is 24.7 Å². The van der Waals surface area contributed by atoms with E-state index in [0.717, 1.165) is 66.5 Å². The topological polar surface area (TPSA) is 99.8 Å². The molecule has 2 fully saturated rings. The lowest BCUT2D eigenvalue weighted by atomic mass is 9.98. The van der Waals surface area contributed by atoms with Crippen LogP contribution in [0, 0.1) is 0 Å². The molecule has 0 spiro atoms. The van der Waals surface area contributed by atoms with E-state index in [4.69, 9.17) is 25.8 Å². The van der Waals surface area contributed by atoms with Gasteiger partial charge in [-0.15, -0.1) is 0 Å². The lowest BCUT2D eigenvalue weighted by Crippen LogP contribution is -2.46. The van der Waals surface area contributed by atoms with Crippen LogP contribution in [0.15, 0.2) is 102 Å². The van der Waals surface area contributed by atoms with Crippen LogP contribution in [-0.2, 0) is 21.7 Å². The van der Waals surface area contributed by atoms with Crippen LogP contribution in [0.4, 0.5) is 11.4 Å². The fourth-order valence-electron chi connectivity index (χ4n) is 6.40. The highest BCUT2D eigenvalue weighted by Crippen LogP contribution is 2.41. The van der Waals surface area contributed by atoms with Crippen molar-refractivity contribution < 1.29 is 14.2 Å². The van der Waals surface area contributed by atoms with E-state index < -0.39 is 5.79 Å². The minimum atomic E-state index is -1.04. The second-order valence-electron chi connectivity index (χ2n) is 12.5. The number of nitrogens with zero attached hydrogens (tertiary/aromatic N) is 7. The van der Waals surface area contributed by atoms with E-state index in [1.165, 1.54) is 0 Å². The number of benzene rings is 3. The van der Waals surface area contributed by atoms with Gasteiger partial charge in [0.2, 0.25) is 5.79 Å². The van der Waals surface area contributed by atoms with Crippen molar-refractivity contribution in [3.8, 4) is 11.4 Å². The Balaban J connectivity index is 0.925. The highest BCUT2D eigenvalue weighted by Gasteiger charge is 2.45. The Morgan fingerprint density at radius 3 is 2.24 bits per heavy atom. The Kier molecular flexibility index (Phi) is 9.65. The van der Waals surface area contributed by atoms with Crippen LogP contribution in [0.25, 0.3) is 5.69 Å². The van der Waals surface area contributed by atoms with Crippen molar-refractivity contribution >= 4 is 23.0 Å². The summed E-state index contributed by atoms with van der Waals surface area (Å²) in [6.45, 7) is 8.35. The summed E-state index contributed by atoms with van der Waals surface area (Å²) in [4.78, 5) is 17.6. The summed E-state index contributed by atoms with van der Waals surface area (Å²) in [6, 6.07) is 25.9. The van der Waals surface area contributed by atoms with Gasteiger partial charge in [0.1, 0.15) is 24.8 Å². The fraction of sp³-hybridized carbons (Fsp3) is 0.351. The second kappa shape index (κ2) is 14.4. The van der Waals surface area contributed by atoms with Gasteiger partial charge in [-0.2, -0.15) is 15.3 Å². The van der Waals surface area contributed by atoms with E-state index in [1.807, 2.05) is 61.5 Å². The SMILES string of the molecule is CCC(C)n1ncn(-c2ccc(N3CCN(c4ccc(OC[C@@H]5CO[C@@](Cc6ccnnc6)(c6ccccc6Cl)O5)cc4)CC3)cc2)c1=O. The molecule has 7 rings (SSSR count). The molecule has 0 N–H and O–H groups in total. The molecule has 3 atom stereocenters. The molecule has 2 saturated heterocycles. The van der Waals surface area contributed by atoms with Gasteiger partial charge in [-0.05, 0) is 79.6 Å². The molecule has 0 bridgehead atoms. The van der Waals surface area contributed by atoms with Crippen LogP contribution in [0.2, 0.25) is 5.02 Å². The normalized spacial score (nSPS) is 20.0. The molecule has 0 saturated carbocycles. The van der Waals surface area contributed by atoms with Crippen molar-refractivity contribution in [2.24, 2.45) is 0 Å². The van der Waals surface area contributed by atoms with E-state index in [2.05, 4.69) is 56.3 Å². The molecule has 0 radical (unpaired) electrons. The molecule has 4 heterocycles. The van der Waals surface area contributed by atoms with Gasteiger partial charge in [-0.25, -0.2) is 14.0 Å². The first kappa shape index (κ1) is 32.8. The van der Waals surface area contributed by atoms with Gasteiger partial charge in [0.15, 0.2) is 0 Å². The van der Waals surface area contributed by atoms with Crippen molar-refractivity contribution in [1.29, 1.82) is 0 Å². The molecule has 2 aromatic heterocycles. The maximum absolute atomic E-state index is 12.8. The summed E-state index contributed by atoms with van der Waals surface area (Å²) in [7, 11) is 0. The molecule has 2 aliphatic heterocycles. The summed E-state index contributed by atoms with van der Waals surface area (Å²) in [5, 5.41) is 12.8. The predicted octanol–water partition coefficient (Wildman–Crippen LogP) is 5.66. The van der Waals surface area contributed by atoms with Crippen LogP contribution >= 0.6 is 11.6 Å². The molecule has 3 aromatic carbocycles. The van der Waals surface area contributed by atoms with Gasteiger partial charge >= 0.3 is 5.69 Å². The Hall–Kier alpha value is -4.71. The zero-order valence-corrected chi connectivity index (χ0v) is 28.4. The minimum Gasteiger partial charge on any atom is -0.491 e. The molecule has 0 amide bonds. The number of anilines is 2. The first-order chi connectivity index (χ1) is 23.9. The number of aromatic nitrogens is 5. The molecular formula is C37H40ClN7O4. The maximum Gasteiger partial charge on any atom is 0.350 e. The molecule has 2 aliphatic rings. The molecule has 0 aliphatic carbocycles. The Morgan fingerprint density at radius 2 is 1.59 bits per heavy atom. The summed E-state index contributed by atoms with van der Waals surface area (Å²) in [5.41, 5.74) is 4.72. The third-order valence-corrected chi connectivity index (χ3v) is 9.67. The van der Waals surface area contributed by atoms with Gasteiger partial charge in [0.25, 0.3) is 0 Å². The van der Waals surface area contributed by atoms with Gasteiger partial charge in [-0.1, -0.05) is 36.7 Å². The van der Waals surface area contributed by atoms with E-state index in [1.54, 1.807) is 28.0 Å². The lowest BCUT2D eigenvalue weighted by Gasteiger charge is -2.37.